The minimum Gasteiger partial charge on any atom is -0.357 e. The second-order valence-electron chi connectivity index (χ2n) is 4.87. The fraction of sp³-hybridized carbons (Fsp3) is 0.462. The summed E-state index contributed by atoms with van der Waals surface area (Å²) in [5.41, 5.74) is 3.35. The minimum atomic E-state index is -0.122. The van der Waals surface area contributed by atoms with E-state index in [0.717, 1.165) is 12.1 Å². The largest absolute Gasteiger partial charge is 0.357 e. The van der Waals surface area contributed by atoms with Gasteiger partial charge in [-0.15, -0.1) is 0 Å². The molecule has 2 rings (SSSR count). The Hall–Kier alpha value is -0.920. The quantitative estimate of drug-likeness (QED) is 0.844. The van der Waals surface area contributed by atoms with Crippen molar-refractivity contribution in [3.05, 3.63) is 29.6 Å². The van der Waals surface area contributed by atoms with Gasteiger partial charge in [0.15, 0.2) is 0 Å². The van der Waals surface area contributed by atoms with Gasteiger partial charge in [-0.25, -0.2) is 4.98 Å². The number of hydrogen-bond acceptors (Lipinski definition) is 2. The lowest BCUT2D eigenvalue weighted by molar-refractivity contribution is 0.135. The fourth-order valence-corrected chi connectivity index (χ4v) is 2.79. The number of aromatic amines is 1. The van der Waals surface area contributed by atoms with E-state index in [1.807, 2.05) is 12.3 Å². The van der Waals surface area contributed by atoms with E-state index in [-0.39, 0.29) is 5.60 Å². The molecule has 17 heavy (non-hydrogen) atoms. The number of H-pyrrole nitrogens is 1. The van der Waals surface area contributed by atoms with Crippen LogP contribution in [0.2, 0.25) is 0 Å². The van der Waals surface area contributed by atoms with Gasteiger partial charge in [0.2, 0.25) is 0 Å². The van der Waals surface area contributed by atoms with Crippen LogP contribution in [0, 0.1) is 6.92 Å². The molecule has 2 heterocycles. The van der Waals surface area contributed by atoms with Crippen molar-refractivity contribution in [1.82, 2.24) is 9.97 Å². The number of nitrogens with zero attached hydrogens (tertiary/aromatic N) is 1. The minimum absolute atomic E-state index is 0.122. The summed E-state index contributed by atoms with van der Waals surface area (Å²) in [4.78, 5) is 7.67. The van der Waals surface area contributed by atoms with E-state index < -0.39 is 0 Å². The molecule has 0 saturated heterocycles. The first-order chi connectivity index (χ1) is 8.03. The van der Waals surface area contributed by atoms with E-state index in [4.69, 9.17) is 4.52 Å². The van der Waals surface area contributed by atoms with E-state index in [9.17, 15) is 0 Å². The first-order valence-corrected chi connectivity index (χ1v) is 7.21. The van der Waals surface area contributed by atoms with E-state index in [1.54, 1.807) is 0 Å². The van der Waals surface area contributed by atoms with Gasteiger partial charge in [-0.2, -0.15) is 0 Å². The van der Waals surface area contributed by atoms with Gasteiger partial charge in [0.25, 0.3) is 0 Å². The lowest BCUT2D eigenvalue weighted by Gasteiger charge is -2.24. The first kappa shape index (κ1) is 12.5. The second kappa shape index (κ2) is 4.75. The normalized spacial score (nSPS) is 12.9. The van der Waals surface area contributed by atoms with Crippen LogP contribution in [0.1, 0.15) is 25.1 Å². The van der Waals surface area contributed by atoms with Crippen molar-refractivity contribution in [2.75, 3.05) is 6.66 Å². The maximum absolute atomic E-state index is 5.80. The lowest BCUT2D eigenvalue weighted by Crippen LogP contribution is -2.24. The molecule has 0 spiro atoms. The zero-order valence-corrected chi connectivity index (χ0v) is 11.8. The highest BCUT2D eigenvalue weighted by Crippen LogP contribution is 2.29. The van der Waals surface area contributed by atoms with Crippen molar-refractivity contribution in [3.63, 3.8) is 0 Å². The van der Waals surface area contributed by atoms with Gasteiger partial charge in [0.1, 0.15) is 5.65 Å². The van der Waals surface area contributed by atoms with Crippen LogP contribution in [0.4, 0.5) is 0 Å². The Morgan fingerprint density at radius 1 is 1.47 bits per heavy atom. The standard InChI is InChI=1S/C13H19N2OP/c1-9-11(8-13(2,3)16-17-4)10-6-5-7-14-12(10)15-9/h5-7,17H,8H2,1-4H3,(H,14,15). The summed E-state index contributed by atoms with van der Waals surface area (Å²) >= 11 is 0. The topological polar surface area (TPSA) is 37.9 Å². The van der Waals surface area contributed by atoms with Crippen molar-refractivity contribution in [2.45, 2.75) is 32.8 Å². The third kappa shape index (κ3) is 2.67. The van der Waals surface area contributed by atoms with Crippen molar-refractivity contribution in [1.29, 1.82) is 0 Å². The van der Waals surface area contributed by atoms with Crippen molar-refractivity contribution in [2.24, 2.45) is 0 Å². The zero-order chi connectivity index (χ0) is 12.5. The molecule has 1 N–H and O–H groups in total. The summed E-state index contributed by atoms with van der Waals surface area (Å²) in [5, 5.41) is 1.21. The SMILES string of the molecule is CPOC(C)(C)Cc1c(C)[nH]c2ncccc12. The molecule has 92 valence electrons. The number of pyridine rings is 1. The van der Waals surface area contributed by atoms with E-state index >= 15 is 0 Å². The molecule has 0 amide bonds. The molecule has 0 saturated carbocycles. The fourth-order valence-electron chi connectivity index (χ4n) is 2.17. The van der Waals surface area contributed by atoms with Crippen LogP contribution in [0.15, 0.2) is 18.3 Å². The van der Waals surface area contributed by atoms with Crippen LogP contribution in [0.5, 0.6) is 0 Å². The molecular formula is C13H19N2OP. The molecular weight excluding hydrogens is 231 g/mol. The average Bonchev–Trinajstić information content (AvgIpc) is 2.55. The third-order valence-electron chi connectivity index (χ3n) is 2.87. The Morgan fingerprint density at radius 2 is 2.24 bits per heavy atom. The van der Waals surface area contributed by atoms with Crippen LogP contribution in [0.25, 0.3) is 11.0 Å². The van der Waals surface area contributed by atoms with Crippen LogP contribution >= 0.6 is 8.81 Å². The molecule has 4 heteroatoms. The molecule has 0 aliphatic carbocycles. The number of fused-ring (bicyclic) bond motifs is 1. The number of rotatable bonds is 4. The van der Waals surface area contributed by atoms with Gasteiger partial charge in [-0.05, 0) is 45.1 Å². The summed E-state index contributed by atoms with van der Waals surface area (Å²) in [7, 11) is 0.518. The second-order valence-corrected chi connectivity index (χ2v) is 5.48. The number of aryl methyl sites for hydroxylation is 1. The predicted octanol–water partition coefficient (Wildman–Crippen LogP) is 3.43. The van der Waals surface area contributed by atoms with Gasteiger partial charge < -0.3 is 9.51 Å². The molecule has 1 unspecified atom stereocenters. The van der Waals surface area contributed by atoms with Crippen molar-refractivity contribution >= 4 is 19.8 Å². The highest BCUT2D eigenvalue weighted by atomic mass is 31.1. The lowest BCUT2D eigenvalue weighted by atomic mass is 9.97. The average molecular weight is 250 g/mol. The molecule has 2 aromatic heterocycles. The monoisotopic (exact) mass is 250 g/mol. The molecule has 0 aliphatic rings. The smallest absolute Gasteiger partial charge is 0.137 e. The molecule has 0 bridgehead atoms. The van der Waals surface area contributed by atoms with Crippen LogP contribution < -0.4 is 0 Å². The third-order valence-corrected chi connectivity index (χ3v) is 3.63. The van der Waals surface area contributed by atoms with Crippen LogP contribution in [-0.4, -0.2) is 22.2 Å². The van der Waals surface area contributed by atoms with E-state index in [0.29, 0.717) is 8.81 Å². The number of aromatic nitrogens is 2. The van der Waals surface area contributed by atoms with E-state index in [2.05, 4.69) is 43.5 Å². The maximum atomic E-state index is 5.80. The molecule has 0 aromatic carbocycles. The molecule has 0 fully saturated rings. The summed E-state index contributed by atoms with van der Waals surface area (Å²) in [5.74, 6) is 0. The van der Waals surface area contributed by atoms with Gasteiger partial charge in [-0.1, -0.05) is 0 Å². The highest BCUT2D eigenvalue weighted by molar-refractivity contribution is 7.31. The van der Waals surface area contributed by atoms with Crippen molar-refractivity contribution < 1.29 is 4.52 Å². The van der Waals surface area contributed by atoms with Crippen LogP contribution in [0.3, 0.4) is 0 Å². The Morgan fingerprint density at radius 3 is 2.94 bits per heavy atom. The molecule has 3 nitrogen and oxygen atoms in total. The molecule has 0 aliphatic heterocycles. The maximum Gasteiger partial charge on any atom is 0.137 e. The zero-order valence-electron chi connectivity index (χ0n) is 10.8. The Balaban J connectivity index is 2.38. The van der Waals surface area contributed by atoms with Gasteiger partial charge in [0, 0.05) is 32.5 Å². The predicted molar refractivity (Wildman–Crippen MR) is 73.9 cm³/mol. The highest BCUT2D eigenvalue weighted by Gasteiger charge is 2.22. The summed E-state index contributed by atoms with van der Waals surface area (Å²) < 4.78 is 5.80. The van der Waals surface area contributed by atoms with Gasteiger partial charge in [-0.3, -0.25) is 0 Å². The molecule has 2 aromatic rings. The summed E-state index contributed by atoms with van der Waals surface area (Å²) in [6.45, 7) is 8.43. The number of nitrogens with one attached hydrogen (secondary N) is 1. The first-order valence-electron chi connectivity index (χ1n) is 5.80. The van der Waals surface area contributed by atoms with E-state index in [1.165, 1.54) is 16.6 Å². The van der Waals surface area contributed by atoms with Gasteiger partial charge >= 0.3 is 0 Å². The Labute approximate surface area is 104 Å². The summed E-state index contributed by atoms with van der Waals surface area (Å²) in [6, 6.07) is 4.10. The Bertz CT molecular complexity index is 519. The number of hydrogen-bond donors (Lipinski definition) is 1. The van der Waals surface area contributed by atoms with Gasteiger partial charge in [0.05, 0.1) is 5.60 Å². The van der Waals surface area contributed by atoms with Crippen molar-refractivity contribution in [3.8, 4) is 0 Å². The molecule has 1 atom stereocenters. The summed E-state index contributed by atoms with van der Waals surface area (Å²) in [6.07, 6.45) is 2.72. The Kier molecular flexibility index (Phi) is 3.50. The molecule has 0 radical (unpaired) electrons. The van der Waals surface area contributed by atoms with Crippen LogP contribution in [-0.2, 0) is 10.9 Å².